The van der Waals surface area contributed by atoms with E-state index in [2.05, 4.69) is 12.6 Å². The lowest BCUT2D eigenvalue weighted by atomic mass is 10.1. The van der Waals surface area contributed by atoms with E-state index in [0.29, 0.717) is 5.56 Å². The van der Waals surface area contributed by atoms with E-state index in [1.807, 2.05) is 0 Å². The summed E-state index contributed by atoms with van der Waals surface area (Å²) in [6.45, 7) is 1.58. The molecule has 0 saturated carbocycles. The zero-order valence-electron chi connectivity index (χ0n) is 6.27. The highest BCUT2D eigenvalue weighted by Crippen LogP contribution is 2.21. The second kappa shape index (κ2) is 3.46. The van der Waals surface area contributed by atoms with E-state index in [-0.39, 0.29) is 10.6 Å². The Morgan fingerprint density at radius 2 is 2.17 bits per heavy atom. The molecule has 0 radical (unpaired) electrons. The summed E-state index contributed by atoms with van der Waals surface area (Å²) < 4.78 is 12.9. The molecule has 1 aromatic carbocycles. The van der Waals surface area contributed by atoms with Gasteiger partial charge in [-0.05, 0) is 24.6 Å². The molecule has 64 valence electrons. The number of aryl methyl sites for hydroxylation is 1. The number of carbonyl (C=O) groups is 1. The third-order valence-electron chi connectivity index (χ3n) is 1.48. The lowest BCUT2D eigenvalue weighted by molar-refractivity contribution is 0.109. The average Bonchev–Trinajstić information content (AvgIpc) is 1.96. The third-order valence-corrected chi connectivity index (χ3v) is 2.03. The number of carbonyl (C=O) groups excluding carboxylic acids is 1. The molecule has 0 aliphatic rings. The Kier molecular flexibility index (Phi) is 2.75. The molecular weight excluding hydrogens is 199 g/mol. The normalized spacial score (nSPS) is 10.0. The Bertz CT molecular complexity index is 338. The summed E-state index contributed by atoms with van der Waals surface area (Å²) in [5.41, 5.74) is 0.515. The van der Waals surface area contributed by atoms with E-state index in [1.54, 1.807) is 6.92 Å². The predicted octanol–water partition coefficient (Wildman–Crippen LogP) is 2.86. The van der Waals surface area contributed by atoms with Crippen LogP contribution in [0, 0.1) is 12.7 Å². The molecule has 0 aliphatic heterocycles. The molecule has 1 aromatic rings. The van der Waals surface area contributed by atoms with Crippen molar-refractivity contribution < 1.29 is 9.18 Å². The first-order chi connectivity index (χ1) is 5.52. The van der Waals surface area contributed by atoms with Gasteiger partial charge >= 0.3 is 0 Å². The van der Waals surface area contributed by atoms with Gasteiger partial charge in [-0.1, -0.05) is 11.6 Å². The van der Waals surface area contributed by atoms with Crippen LogP contribution in [0.4, 0.5) is 4.39 Å². The van der Waals surface area contributed by atoms with E-state index in [4.69, 9.17) is 11.6 Å². The summed E-state index contributed by atoms with van der Waals surface area (Å²) >= 11 is 9.21. The second-order valence-corrected chi connectivity index (χ2v) is 3.20. The summed E-state index contributed by atoms with van der Waals surface area (Å²) in [4.78, 5) is 10.7. The standard InChI is InChI=1S/C8H6ClFOS/c1-4-2-6(9)5(8(11)12)3-7(4)10/h2-3H,1H3,(H,11,12). The van der Waals surface area contributed by atoms with Crippen LogP contribution in [0.25, 0.3) is 0 Å². The minimum atomic E-state index is -0.529. The summed E-state index contributed by atoms with van der Waals surface area (Å²) in [5, 5.41) is -0.298. The van der Waals surface area contributed by atoms with E-state index in [1.165, 1.54) is 6.07 Å². The van der Waals surface area contributed by atoms with Crippen molar-refractivity contribution in [2.24, 2.45) is 0 Å². The molecule has 0 fully saturated rings. The number of rotatable bonds is 1. The largest absolute Gasteiger partial charge is 0.282 e. The van der Waals surface area contributed by atoms with Gasteiger partial charge in [0.15, 0.2) is 0 Å². The van der Waals surface area contributed by atoms with Crippen LogP contribution in [-0.2, 0) is 0 Å². The van der Waals surface area contributed by atoms with Crippen molar-refractivity contribution in [2.75, 3.05) is 0 Å². The molecular formula is C8H6ClFOS. The molecule has 1 rings (SSSR count). The van der Waals surface area contributed by atoms with Gasteiger partial charge in [-0.3, -0.25) is 4.79 Å². The molecule has 0 saturated heterocycles. The highest BCUT2D eigenvalue weighted by molar-refractivity contribution is 7.97. The van der Waals surface area contributed by atoms with Crippen molar-refractivity contribution in [3.8, 4) is 0 Å². The van der Waals surface area contributed by atoms with Gasteiger partial charge in [0.05, 0.1) is 5.02 Å². The molecule has 0 heterocycles. The van der Waals surface area contributed by atoms with E-state index < -0.39 is 10.9 Å². The van der Waals surface area contributed by atoms with E-state index in [9.17, 15) is 9.18 Å². The molecule has 0 aliphatic carbocycles. The van der Waals surface area contributed by atoms with Gasteiger partial charge in [0, 0.05) is 5.56 Å². The van der Waals surface area contributed by atoms with Gasteiger partial charge < -0.3 is 0 Å². The minimum Gasteiger partial charge on any atom is -0.282 e. The van der Waals surface area contributed by atoms with Crippen molar-refractivity contribution in [2.45, 2.75) is 6.92 Å². The van der Waals surface area contributed by atoms with Gasteiger partial charge in [0.1, 0.15) is 5.82 Å². The van der Waals surface area contributed by atoms with Gasteiger partial charge in [0.2, 0.25) is 5.12 Å². The Morgan fingerprint density at radius 1 is 1.58 bits per heavy atom. The Labute approximate surface area is 79.9 Å². The molecule has 0 bridgehead atoms. The molecule has 0 spiro atoms. The number of halogens is 2. The fourth-order valence-electron chi connectivity index (χ4n) is 0.810. The van der Waals surface area contributed by atoms with Gasteiger partial charge in [-0.2, -0.15) is 0 Å². The number of hydrogen-bond donors (Lipinski definition) is 1. The first-order valence-corrected chi connectivity index (χ1v) is 4.04. The second-order valence-electron chi connectivity index (χ2n) is 2.39. The minimum absolute atomic E-state index is 0.100. The quantitative estimate of drug-likeness (QED) is 0.697. The smallest absolute Gasteiger partial charge is 0.217 e. The van der Waals surface area contributed by atoms with Crippen LogP contribution in [0.3, 0.4) is 0 Å². The number of thiol groups is 1. The fraction of sp³-hybridized carbons (Fsp3) is 0.125. The summed E-state index contributed by atoms with van der Waals surface area (Å²) in [7, 11) is 0. The van der Waals surface area contributed by atoms with Crippen LogP contribution in [0.2, 0.25) is 5.02 Å². The monoisotopic (exact) mass is 204 g/mol. The van der Waals surface area contributed by atoms with Gasteiger partial charge in [0.25, 0.3) is 0 Å². The Balaban J connectivity index is 3.33. The van der Waals surface area contributed by atoms with Crippen LogP contribution in [0.15, 0.2) is 12.1 Å². The molecule has 0 atom stereocenters. The molecule has 0 amide bonds. The molecule has 0 aromatic heterocycles. The fourth-order valence-corrected chi connectivity index (χ4v) is 1.37. The Hall–Kier alpha value is -0.540. The lowest BCUT2D eigenvalue weighted by Crippen LogP contribution is -1.93. The van der Waals surface area contributed by atoms with Crippen molar-refractivity contribution in [3.05, 3.63) is 34.1 Å². The highest BCUT2D eigenvalue weighted by atomic mass is 35.5. The highest BCUT2D eigenvalue weighted by Gasteiger charge is 2.09. The topological polar surface area (TPSA) is 17.1 Å². The zero-order valence-corrected chi connectivity index (χ0v) is 7.92. The maximum Gasteiger partial charge on any atom is 0.217 e. The maximum atomic E-state index is 12.9. The van der Waals surface area contributed by atoms with Crippen molar-refractivity contribution in [1.82, 2.24) is 0 Å². The first-order valence-electron chi connectivity index (χ1n) is 3.21. The predicted molar refractivity (Wildman–Crippen MR) is 49.5 cm³/mol. The molecule has 1 nitrogen and oxygen atoms in total. The molecule has 4 heteroatoms. The van der Waals surface area contributed by atoms with Gasteiger partial charge in [-0.25, -0.2) is 4.39 Å². The van der Waals surface area contributed by atoms with Crippen molar-refractivity contribution >= 4 is 29.3 Å². The summed E-state index contributed by atoms with van der Waals surface area (Å²) in [6, 6.07) is 2.49. The van der Waals surface area contributed by atoms with Crippen molar-refractivity contribution in [1.29, 1.82) is 0 Å². The van der Waals surface area contributed by atoms with Crippen LogP contribution in [-0.4, -0.2) is 5.12 Å². The Morgan fingerprint density at radius 3 is 2.67 bits per heavy atom. The molecule has 0 N–H and O–H groups in total. The zero-order chi connectivity index (χ0) is 9.30. The van der Waals surface area contributed by atoms with E-state index >= 15 is 0 Å². The molecule has 0 unspecified atom stereocenters. The van der Waals surface area contributed by atoms with Crippen LogP contribution in [0.1, 0.15) is 15.9 Å². The van der Waals surface area contributed by atoms with E-state index in [0.717, 1.165) is 6.07 Å². The lowest BCUT2D eigenvalue weighted by Gasteiger charge is -2.01. The molecule has 12 heavy (non-hydrogen) atoms. The summed E-state index contributed by atoms with van der Waals surface area (Å²) in [6.07, 6.45) is 0. The van der Waals surface area contributed by atoms with Crippen LogP contribution < -0.4 is 0 Å². The summed E-state index contributed by atoms with van der Waals surface area (Å²) in [5.74, 6) is -0.447. The SMILES string of the molecule is Cc1cc(Cl)c(C(=O)S)cc1F. The van der Waals surface area contributed by atoms with Gasteiger partial charge in [-0.15, -0.1) is 12.6 Å². The van der Waals surface area contributed by atoms with Crippen LogP contribution >= 0.6 is 24.2 Å². The average molecular weight is 205 g/mol. The van der Waals surface area contributed by atoms with Crippen LogP contribution in [0.5, 0.6) is 0 Å². The van der Waals surface area contributed by atoms with Crippen molar-refractivity contribution in [3.63, 3.8) is 0 Å². The maximum absolute atomic E-state index is 12.9. The number of benzene rings is 1. The number of hydrogen-bond acceptors (Lipinski definition) is 1. The first kappa shape index (κ1) is 9.55. The third kappa shape index (κ3) is 1.79.